The molecule has 0 saturated carbocycles. The third-order valence-corrected chi connectivity index (χ3v) is 6.60. The van der Waals surface area contributed by atoms with E-state index in [4.69, 9.17) is 0 Å². The third-order valence-electron chi connectivity index (χ3n) is 5.20. The Morgan fingerprint density at radius 2 is 1.52 bits per heavy atom. The van der Waals surface area contributed by atoms with Crippen molar-refractivity contribution in [2.45, 2.75) is 29.9 Å². The first-order chi connectivity index (χ1) is 12.9. The average molecular weight is 401 g/mol. The van der Waals surface area contributed by atoms with E-state index in [1.54, 1.807) is 12.1 Å². The number of hydrogen-bond donors (Lipinski definition) is 0. The van der Waals surface area contributed by atoms with Crippen LogP contribution in [-0.4, -0.2) is 75.7 Å². The first-order valence-corrected chi connectivity index (χ1v) is 10.8. The summed E-state index contributed by atoms with van der Waals surface area (Å²) in [6, 6.07) is 5.57. The van der Waals surface area contributed by atoms with Gasteiger partial charge in [-0.1, -0.05) is 0 Å². The molecule has 0 N–H and O–H groups in total. The molecule has 150 valence electrons. The first kappa shape index (κ1) is 20.0. The van der Waals surface area contributed by atoms with Crippen molar-refractivity contribution in [2.24, 2.45) is 0 Å². The minimum atomic E-state index is -4.56. The van der Waals surface area contributed by atoms with Gasteiger partial charge in [-0.15, -0.1) is 0 Å². The molecule has 1 aromatic rings. The SMILES string of the molecule is O=C(CN1CCN(c2ccc(S(=O)(=O)C(F)F)cc2)CC1)N1CCCCC1. The predicted octanol–water partition coefficient (Wildman–Crippen LogP) is 1.82. The van der Waals surface area contributed by atoms with Crippen molar-refractivity contribution >= 4 is 21.4 Å². The highest BCUT2D eigenvalue weighted by molar-refractivity contribution is 7.91. The number of anilines is 1. The summed E-state index contributed by atoms with van der Waals surface area (Å²) in [5, 5.41) is 0. The molecule has 27 heavy (non-hydrogen) atoms. The molecular formula is C18H25F2N3O3S. The summed E-state index contributed by atoms with van der Waals surface area (Å²) in [4.78, 5) is 18.1. The summed E-state index contributed by atoms with van der Waals surface area (Å²) in [7, 11) is -4.56. The fourth-order valence-electron chi connectivity index (χ4n) is 3.55. The number of rotatable bonds is 5. The Labute approximate surface area is 158 Å². The maximum absolute atomic E-state index is 12.6. The number of piperidine rings is 1. The number of carbonyl (C=O) groups excluding carboxylic acids is 1. The van der Waals surface area contributed by atoms with E-state index in [0.717, 1.165) is 44.7 Å². The molecule has 0 atom stereocenters. The number of nitrogens with zero attached hydrogens (tertiary/aromatic N) is 3. The molecule has 0 spiro atoms. The van der Waals surface area contributed by atoms with E-state index in [-0.39, 0.29) is 10.8 Å². The Hall–Kier alpha value is -1.74. The van der Waals surface area contributed by atoms with Gasteiger partial charge in [-0.25, -0.2) is 8.42 Å². The van der Waals surface area contributed by atoms with Crippen molar-refractivity contribution in [3.8, 4) is 0 Å². The topological polar surface area (TPSA) is 60.9 Å². The molecule has 1 amide bonds. The summed E-state index contributed by atoms with van der Waals surface area (Å²) < 4.78 is 48.2. The van der Waals surface area contributed by atoms with Gasteiger partial charge in [-0.05, 0) is 43.5 Å². The number of carbonyl (C=O) groups is 1. The number of amides is 1. The van der Waals surface area contributed by atoms with Crippen LogP contribution in [-0.2, 0) is 14.6 Å². The summed E-state index contributed by atoms with van der Waals surface area (Å²) in [6.45, 7) is 5.01. The maximum atomic E-state index is 12.6. The van der Waals surface area contributed by atoms with Gasteiger partial charge in [0.15, 0.2) is 0 Å². The largest absolute Gasteiger partial charge is 0.369 e. The second-order valence-electron chi connectivity index (χ2n) is 7.00. The van der Waals surface area contributed by atoms with Gasteiger partial charge in [-0.2, -0.15) is 8.78 Å². The molecule has 2 aliphatic heterocycles. The van der Waals surface area contributed by atoms with Gasteiger partial charge >= 0.3 is 5.76 Å². The molecular weight excluding hydrogens is 376 g/mol. The molecule has 9 heteroatoms. The van der Waals surface area contributed by atoms with E-state index in [2.05, 4.69) is 9.80 Å². The second-order valence-corrected chi connectivity index (χ2v) is 8.92. The molecule has 2 aliphatic rings. The van der Waals surface area contributed by atoms with Crippen molar-refractivity contribution in [2.75, 3.05) is 50.7 Å². The number of halogens is 2. The molecule has 6 nitrogen and oxygen atoms in total. The Balaban J connectivity index is 1.52. The fourth-order valence-corrected chi connectivity index (χ4v) is 4.27. The first-order valence-electron chi connectivity index (χ1n) is 9.25. The molecule has 1 aromatic carbocycles. The van der Waals surface area contributed by atoms with Crippen molar-refractivity contribution in [1.82, 2.24) is 9.80 Å². The number of benzene rings is 1. The van der Waals surface area contributed by atoms with Crippen LogP contribution < -0.4 is 4.90 Å². The number of hydrogen-bond acceptors (Lipinski definition) is 5. The highest BCUT2D eigenvalue weighted by Crippen LogP contribution is 2.23. The number of piperazine rings is 1. The Morgan fingerprint density at radius 1 is 0.926 bits per heavy atom. The molecule has 0 radical (unpaired) electrons. The van der Waals surface area contributed by atoms with E-state index in [0.29, 0.717) is 19.6 Å². The quantitative estimate of drug-likeness (QED) is 0.753. The zero-order chi connectivity index (χ0) is 19.4. The molecule has 0 aromatic heterocycles. The number of sulfone groups is 1. The lowest BCUT2D eigenvalue weighted by Gasteiger charge is -2.37. The van der Waals surface area contributed by atoms with Crippen molar-refractivity contribution < 1.29 is 22.0 Å². The number of alkyl halides is 2. The Bertz CT molecular complexity index is 742. The lowest BCUT2D eigenvalue weighted by molar-refractivity contribution is -0.133. The molecule has 2 saturated heterocycles. The minimum Gasteiger partial charge on any atom is -0.369 e. The van der Waals surface area contributed by atoms with Gasteiger partial charge < -0.3 is 9.80 Å². The van der Waals surface area contributed by atoms with Crippen LogP contribution >= 0.6 is 0 Å². The van der Waals surface area contributed by atoms with E-state index < -0.39 is 15.6 Å². The van der Waals surface area contributed by atoms with Crippen LogP contribution in [0.25, 0.3) is 0 Å². The number of likely N-dealkylation sites (tertiary alicyclic amines) is 1. The van der Waals surface area contributed by atoms with Crippen LogP contribution in [0.4, 0.5) is 14.5 Å². The molecule has 2 fully saturated rings. The summed E-state index contributed by atoms with van der Waals surface area (Å²) in [6.07, 6.45) is 3.35. The highest BCUT2D eigenvalue weighted by atomic mass is 32.2. The summed E-state index contributed by atoms with van der Waals surface area (Å²) in [5.41, 5.74) is 0.797. The minimum absolute atomic E-state index is 0.185. The van der Waals surface area contributed by atoms with Crippen LogP contribution in [0.15, 0.2) is 29.2 Å². The monoisotopic (exact) mass is 401 g/mol. The molecule has 2 heterocycles. The van der Waals surface area contributed by atoms with Gasteiger partial charge in [0, 0.05) is 45.0 Å². The predicted molar refractivity (Wildman–Crippen MR) is 98.7 cm³/mol. The third kappa shape index (κ3) is 4.76. The van der Waals surface area contributed by atoms with E-state index in [1.165, 1.54) is 18.6 Å². The van der Waals surface area contributed by atoms with Crippen LogP contribution in [0.3, 0.4) is 0 Å². The second kappa shape index (κ2) is 8.52. The van der Waals surface area contributed by atoms with Crippen LogP contribution in [0, 0.1) is 0 Å². The van der Waals surface area contributed by atoms with Crippen LogP contribution in [0.1, 0.15) is 19.3 Å². The standard InChI is InChI=1S/C18H25F2N3O3S/c19-18(20)27(25,26)16-6-4-15(5-7-16)22-12-10-21(11-13-22)14-17(24)23-8-2-1-3-9-23/h4-7,18H,1-3,8-14H2. The molecule has 0 aliphatic carbocycles. The smallest absolute Gasteiger partial charge is 0.341 e. The molecule has 3 rings (SSSR count). The normalized spacial score (nSPS) is 19.5. The Kier molecular flexibility index (Phi) is 6.31. The van der Waals surface area contributed by atoms with Crippen LogP contribution in [0.5, 0.6) is 0 Å². The fraction of sp³-hybridized carbons (Fsp3) is 0.611. The van der Waals surface area contributed by atoms with E-state index >= 15 is 0 Å². The van der Waals surface area contributed by atoms with E-state index in [9.17, 15) is 22.0 Å². The van der Waals surface area contributed by atoms with Crippen molar-refractivity contribution in [3.05, 3.63) is 24.3 Å². The highest BCUT2D eigenvalue weighted by Gasteiger charge is 2.27. The molecule has 0 bridgehead atoms. The van der Waals surface area contributed by atoms with Gasteiger partial charge in [0.05, 0.1) is 11.4 Å². The van der Waals surface area contributed by atoms with Crippen molar-refractivity contribution in [1.29, 1.82) is 0 Å². The van der Waals surface area contributed by atoms with Crippen molar-refractivity contribution in [3.63, 3.8) is 0 Å². The van der Waals surface area contributed by atoms with E-state index in [1.807, 2.05) is 4.90 Å². The lowest BCUT2D eigenvalue weighted by Crippen LogP contribution is -2.50. The Morgan fingerprint density at radius 3 is 2.07 bits per heavy atom. The molecule has 0 unspecified atom stereocenters. The lowest BCUT2D eigenvalue weighted by atomic mass is 10.1. The zero-order valence-corrected chi connectivity index (χ0v) is 16.0. The zero-order valence-electron chi connectivity index (χ0n) is 15.2. The van der Waals surface area contributed by atoms with Gasteiger partial charge in [0.25, 0.3) is 0 Å². The average Bonchev–Trinajstić information content (AvgIpc) is 2.69. The summed E-state index contributed by atoms with van der Waals surface area (Å²) >= 11 is 0. The maximum Gasteiger partial charge on any atom is 0.341 e. The van der Waals surface area contributed by atoms with Gasteiger partial charge in [0.2, 0.25) is 15.7 Å². The van der Waals surface area contributed by atoms with Crippen LogP contribution in [0.2, 0.25) is 0 Å². The van der Waals surface area contributed by atoms with Gasteiger partial charge in [0.1, 0.15) is 0 Å². The summed E-state index contributed by atoms with van der Waals surface area (Å²) in [5.74, 6) is -3.23. The van der Waals surface area contributed by atoms with Gasteiger partial charge in [-0.3, -0.25) is 9.69 Å².